The molecule has 0 aromatic heterocycles. The Hall–Kier alpha value is -2.12. The molecule has 0 spiro atoms. The van der Waals surface area contributed by atoms with E-state index in [1.165, 1.54) is 0 Å². The summed E-state index contributed by atoms with van der Waals surface area (Å²) in [6.07, 6.45) is 0.223. The average molecular weight is 438 g/mol. The Balaban J connectivity index is 2.00. The van der Waals surface area contributed by atoms with E-state index in [-0.39, 0.29) is 6.16 Å². The van der Waals surface area contributed by atoms with Crippen molar-refractivity contribution in [1.82, 2.24) is 0 Å². The second-order valence-corrected chi connectivity index (χ2v) is 8.41. The van der Waals surface area contributed by atoms with Gasteiger partial charge in [0.1, 0.15) is 11.5 Å². The molecule has 0 bridgehead atoms. The standard InChI is InChI=1S/C20H27N2O5PS/c1-5-26-28(23,27-6-2)14-15-7-9-16(10-8-15)21-20(29)22-18-12-11-17(24-3)13-19(18)25-4/h7-13H,5-6,14H2,1-4H3,(H2,21,22,29). The SMILES string of the molecule is CCOP(=O)(Cc1ccc(NC(=S)Nc2ccc(OC)cc2OC)cc1)OCC. The van der Waals surface area contributed by atoms with Gasteiger partial charge in [0.25, 0.3) is 0 Å². The van der Waals surface area contributed by atoms with Crippen LogP contribution in [0.15, 0.2) is 42.5 Å². The molecule has 2 aromatic rings. The van der Waals surface area contributed by atoms with E-state index in [4.69, 9.17) is 30.7 Å². The van der Waals surface area contributed by atoms with Crippen molar-refractivity contribution >= 4 is 36.3 Å². The van der Waals surface area contributed by atoms with Gasteiger partial charge in [0, 0.05) is 11.8 Å². The van der Waals surface area contributed by atoms with Gasteiger partial charge in [-0.1, -0.05) is 12.1 Å². The topological polar surface area (TPSA) is 78.1 Å². The van der Waals surface area contributed by atoms with Crippen molar-refractivity contribution in [3.63, 3.8) is 0 Å². The average Bonchev–Trinajstić information content (AvgIpc) is 2.70. The van der Waals surface area contributed by atoms with Gasteiger partial charge in [-0.25, -0.2) is 0 Å². The molecule has 0 fully saturated rings. The monoisotopic (exact) mass is 438 g/mol. The van der Waals surface area contributed by atoms with E-state index >= 15 is 0 Å². The molecule has 2 aromatic carbocycles. The van der Waals surface area contributed by atoms with Crippen LogP contribution >= 0.6 is 19.8 Å². The van der Waals surface area contributed by atoms with Gasteiger partial charge in [0.2, 0.25) is 0 Å². The molecule has 158 valence electrons. The minimum atomic E-state index is -3.13. The highest BCUT2D eigenvalue weighted by Gasteiger charge is 2.23. The Kier molecular flexibility index (Phi) is 8.92. The Bertz CT molecular complexity index is 850. The summed E-state index contributed by atoms with van der Waals surface area (Å²) in [6, 6.07) is 12.9. The van der Waals surface area contributed by atoms with Crippen LogP contribution in [0.3, 0.4) is 0 Å². The lowest BCUT2D eigenvalue weighted by Crippen LogP contribution is -2.19. The van der Waals surface area contributed by atoms with Crippen molar-refractivity contribution in [2.45, 2.75) is 20.0 Å². The lowest BCUT2D eigenvalue weighted by Gasteiger charge is -2.17. The lowest BCUT2D eigenvalue weighted by molar-refractivity contribution is 0.219. The molecule has 0 heterocycles. The number of hydrogen-bond donors (Lipinski definition) is 2. The third-order valence-electron chi connectivity index (χ3n) is 3.90. The first kappa shape index (κ1) is 23.2. The molecule has 2 N–H and O–H groups in total. The highest BCUT2D eigenvalue weighted by atomic mass is 32.1. The molecule has 0 amide bonds. The normalized spacial score (nSPS) is 11.0. The maximum Gasteiger partial charge on any atom is 0.335 e. The van der Waals surface area contributed by atoms with Crippen LogP contribution in [-0.2, 0) is 19.8 Å². The number of hydrogen-bond acceptors (Lipinski definition) is 6. The summed E-state index contributed by atoms with van der Waals surface area (Å²) in [5.41, 5.74) is 2.37. The predicted molar refractivity (Wildman–Crippen MR) is 120 cm³/mol. The first-order valence-corrected chi connectivity index (χ1v) is 11.3. The number of ether oxygens (including phenoxy) is 2. The van der Waals surface area contributed by atoms with E-state index in [0.29, 0.717) is 29.8 Å². The van der Waals surface area contributed by atoms with Crippen molar-refractivity contribution in [2.75, 3.05) is 38.1 Å². The molecule has 0 atom stereocenters. The largest absolute Gasteiger partial charge is 0.497 e. The molecular formula is C20H27N2O5PS. The zero-order chi connectivity index (χ0) is 21.3. The fourth-order valence-corrected chi connectivity index (χ4v) is 4.56. The van der Waals surface area contributed by atoms with Crippen LogP contribution in [-0.4, -0.2) is 32.5 Å². The summed E-state index contributed by atoms with van der Waals surface area (Å²) < 4.78 is 33.9. The zero-order valence-corrected chi connectivity index (χ0v) is 18.8. The second kappa shape index (κ2) is 11.2. The number of anilines is 2. The maximum atomic E-state index is 12.6. The third kappa shape index (κ3) is 7.01. The summed E-state index contributed by atoms with van der Waals surface area (Å²) in [5, 5.41) is 6.63. The highest BCUT2D eigenvalue weighted by Crippen LogP contribution is 2.51. The summed E-state index contributed by atoms with van der Waals surface area (Å²) in [5.74, 6) is 1.31. The quantitative estimate of drug-likeness (QED) is 0.383. The Labute approximate surface area is 177 Å². The molecule has 29 heavy (non-hydrogen) atoms. The number of thiocarbonyl (C=S) groups is 1. The number of rotatable bonds is 10. The van der Waals surface area contributed by atoms with E-state index in [1.54, 1.807) is 34.1 Å². The molecule has 7 nitrogen and oxygen atoms in total. The van der Waals surface area contributed by atoms with Crippen molar-refractivity contribution in [3.05, 3.63) is 48.0 Å². The molecule has 0 saturated carbocycles. The van der Waals surface area contributed by atoms with Gasteiger partial charge in [-0.15, -0.1) is 0 Å². The molecule has 0 aliphatic rings. The summed E-state index contributed by atoms with van der Waals surface area (Å²) >= 11 is 5.38. The van der Waals surface area contributed by atoms with Crippen LogP contribution in [0, 0.1) is 0 Å². The van der Waals surface area contributed by atoms with E-state index in [1.807, 2.05) is 36.4 Å². The Morgan fingerprint density at radius 2 is 1.62 bits per heavy atom. The molecule has 2 rings (SSSR count). The first-order valence-electron chi connectivity index (χ1n) is 9.20. The van der Waals surface area contributed by atoms with Crippen LogP contribution in [0.4, 0.5) is 11.4 Å². The van der Waals surface area contributed by atoms with Gasteiger partial charge < -0.3 is 29.2 Å². The fraction of sp³-hybridized carbons (Fsp3) is 0.350. The zero-order valence-electron chi connectivity index (χ0n) is 17.1. The van der Waals surface area contributed by atoms with Crippen LogP contribution in [0.2, 0.25) is 0 Å². The minimum Gasteiger partial charge on any atom is -0.497 e. The van der Waals surface area contributed by atoms with Crippen molar-refractivity contribution < 1.29 is 23.1 Å². The van der Waals surface area contributed by atoms with Gasteiger partial charge in [-0.05, 0) is 55.9 Å². The predicted octanol–water partition coefficient (Wildman–Crippen LogP) is 5.28. The molecule has 0 saturated heterocycles. The highest BCUT2D eigenvalue weighted by molar-refractivity contribution is 7.80. The molecular weight excluding hydrogens is 411 g/mol. The van der Waals surface area contributed by atoms with E-state index in [9.17, 15) is 4.57 Å². The molecule has 0 aliphatic heterocycles. The van der Waals surface area contributed by atoms with Crippen LogP contribution < -0.4 is 20.1 Å². The van der Waals surface area contributed by atoms with Gasteiger partial charge in [0.15, 0.2) is 5.11 Å². The Morgan fingerprint density at radius 1 is 0.966 bits per heavy atom. The molecule has 0 radical (unpaired) electrons. The van der Waals surface area contributed by atoms with Crippen molar-refractivity contribution in [3.8, 4) is 11.5 Å². The first-order chi connectivity index (χ1) is 13.9. The maximum absolute atomic E-state index is 12.6. The fourth-order valence-electron chi connectivity index (χ4n) is 2.63. The summed E-state index contributed by atoms with van der Waals surface area (Å²) in [7, 11) is 0.0499. The molecule has 9 heteroatoms. The van der Waals surface area contributed by atoms with Gasteiger partial charge in [-0.3, -0.25) is 4.57 Å². The lowest BCUT2D eigenvalue weighted by atomic mass is 10.2. The van der Waals surface area contributed by atoms with Crippen LogP contribution in [0.25, 0.3) is 0 Å². The third-order valence-corrected chi connectivity index (χ3v) is 6.16. The van der Waals surface area contributed by atoms with E-state index < -0.39 is 7.60 Å². The van der Waals surface area contributed by atoms with Gasteiger partial charge in [-0.2, -0.15) is 0 Å². The van der Waals surface area contributed by atoms with Crippen LogP contribution in [0.5, 0.6) is 11.5 Å². The van der Waals surface area contributed by atoms with Crippen molar-refractivity contribution in [2.24, 2.45) is 0 Å². The smallest absolute Gasteiger partial charge is 0.335 e. The Morgan fingerprint density at radius 3 is 2.17 bits per heavy atom. The van der Waals surface area contributed by atoms with E-state index in [2.05, 4.69) is 10.6 Å². The molecule has 0 aliphatic carbocycles. The number of nitrogens with one attached hydrogen (secondary N) is 2. The van der Waals surface area contributed by atoms with Crippen LogP contribution in [0.1, 0.15) is 19.4 Å². The van der Waals surface area contributed by atoms with E-state index in [0.717, 1.165) is 16.9 Å². The second-order valence-electron chi connectivity index (χ2n) is 5.95. The minimum absolute atomic E-state index is 0.223. The molecule has 0 unspecified atom stereocenters. The summed E-state index contributed by atoms with van der Waals surface area (Å²) in [6.45, 7) is 4.27. The van der Waals surface area contributed by atoms with Gasteiger partial charge >= 0.3 is 7.60 Å². The summed E-state index contributed by atoms with van der Waals surface area (Å²) in [4.78, 5) is 0. The van der Waals surface area contributed by atoms with Crippen molar-refractivity contribution in [1.29, 1.82) is 0 Å². The number of benzene rings is 2. The number of methoxy groups -OCH3 is 2. The van der Waals surface area contributed by atoms with Gasteiger partial charge in [0.05, 0.1) is 39.3 Å².